The second kappa shape index (κ2) is 9.48. The maximum Gasteiger partial charge on any atom is 0.375 e. The van der Waals surface area contributed by atoms with Crippen molar-refractivity contribution in [3.8, 4) is 11.5 Å². The third-order valence-electron chi connectivity index (χ3n) is 6.03. The fraction of sp³-hybridized carbons (Fsp3) is 0.318. The van der Waals surface area contributed by atoms with E-state index in [0.29, 0.717) is 25.1 Å². The molecular formula is C22H20F3N9O3. The molecule has 5 rings (SSSR count). The Hall–Kier alpha value is -4.56. The number of carboxylic acids is 1. The number of hydrazone groups is 1. The molecule has 37 heavy (non-hydrogen) atoms. The van der Waals surface area contributed by atoms with E-state index in [1.165, 1.54) is 30.4 Å². The summed E-state index contributed by atoms with van der Waals surface area (Å²) in [6, 6.07) is 2.09. The lowest BCUT2D eigenvalue weighted by Gasteiger charge is -2.37. The van der Waals surface area contributed by atoms with E-state index in [1.54, 1.807) is 9.80 Å². The summed E-state index contributed by atoms with van der Waals surface area (Å²) in [5, 5.41) is 18.2. The van der Waals surface area contributed by atoms with E-state index in [2.05, 4.69) is 25.2 Å². The first kappa shape index (κ1) is 24.1. The third kappa shape index (κ3) is 4.66. The number of aromatic nitrogens is 5. The van der Waals surface area contributed by atoms with Crippen LogP contribution in [0, 0.1) is 17.5 Å². The lowest BCUT2D eigenvalue weighted by molar-refractivity contribution is 0.0683. The molecule has 4 heterocycles. The van der Waals surface area contributed by atoms with Crippen LogP contribution in [-0.4, -0.2) is 84.1 Å². The Morgan fingerprint density at radius 1 is 1.03 bits per heavy atom. The number of rotatable bonds is 4. The first-order chi connectivity index (χ1) is 17.7. The second-order valence-corrected chi connectivity index (χ2v) is 8.41. The Kier molecular flexibility index (Phi) is 6.19. The monoisotopic (exact) mass is 515 g/mol. The van der Waals surface area contributed by atoms with Crippen molar-refractivity contribution >= 4 is 24.2 Å². The molecule has 12 nitrogen and oxygen atoms in total. The van der Waals surface area contributed by atoms with Crippen molar-refractivity contribution in [2.45, 2.75) is 12.5 Å². The van der Waals surface area contributed by atoms with Crippen molar-refractivity contribution < 1.29 is 27.9 Å². The summed E-state index contributed by atoms with van der Waals surface area (Å²) < 4.78 is 43.0. The van der Waals surface area contributed by atoms with Gasteiger partial charge in [0.15, 0.2) is 11.6 Å². The van der Waals surface area contributed by atoms with Crippen LogP contribution >= 0.6 is 0 Å². The van der Waals surface area contributed by atoms with Crippen LogP contribution in [0.1, 0.15) is 28.6 Å². The number of aromatic carboxylic acids is 1. The highest BCUT2D eigenvalue weighted by Crippen LogP contribution is 2.30. The molecule has 1 unspecified atom stereocenters. The van der Waals surface area contributed by atoms with E-state index in [4.69, 9.17) is 5.11 Å². The molecular weight excluding hydrogens is 495 g/mol. The van der Waals surface area contributed by atoms with Gasteiger partial charge in [-0.2, -0.15) is 10.1 Å². The highest BCUT2D eigenvalue weighted by atomic mass is 19.1. The quantitative estimate of drug-likeness (QED) is 0.559. The number of carbonyl (C=O) groups is 2. The van der Waals surface area contributed by atoms with Gasteiger partial charge in [0.25, 0.3) is 5.82 Å². The van der Waals surface area contributed by atoms with E-state index in [9.17, 15) is 22.8 Å². The van der Waals surface area contributed by atoms with E-state index >= 15 is 0 Å². The largest absolute Gasteiger partial charge is 0.475 e. The van der Waals surface area contributed by atoms with E-state index < -0.39 is 41.3 Å². The van der Waals surface area contributed by atoms with Crippen molar-refractivity contribution in [2.75, 3.05) is 31.1 Å². The Labute approximate surface area is 207 Å². The molecule has 192 valence electrons. The maximum absolute atomic E-state index is 14.5. The molecule has 0 bridgehead atoms. The molecule has 1 saturated heterocycles. The predicted molar refractivity (Wildman–Crippen MR) is 122 cm³/mol. The van der Waals surface area contributed by atoms with Gasteiger partial charge in [-0.3, -0.25) is 0 Å². The molecule has 2 aliphatic heterocycles. The highest BCUT2D eigenvalue weighted by Gasteiger charge is 2.34. The third-order valence-corrected chi connectivity index (χ3v) is 6.03. The zero-order valence-corrected chi connectivity index (χ0v) is 19.4. The van der Waals surface area contributed by atoms with Crippen LogP contribution in [0.25, 0.3) is 11.5 Å². The number of hydrogen-bond donors (Lipinski definition) is 1. The number of aryl methyl sites for hydroxylation is 1. The van der Waals surface area contributed by atoms with E-state index in [-0.39, 0.29) is 30.6 Å². The molecule has 1 aromatic carbocycles. The molecule has 0 spiro atoms. The number of carbonyl (C=O) groups excluding carboxylic acids is 1. The zero-order chi connectivity index (χ0) is 26.3. The number of benzene rings is 1. The summed E-state index contributed by atoms with van der Waals surface area (Å²) in [4.78, 5) is 39.7. The molecule has 0 aliphatic carbocycles. The normalized spacial score (nSPS) is 17.5. The number of urea groups is 1. The molecule has 3 aromatic rings. The average molecular weight is 515 g/mol. The van der Waals surface area contributed by atoms with Gasteiger partial charge < -0.3 is 14.9 Å². The molecule has 1 atom stereocenters. The summed E-state index contributed by atoms with van der Waals surface area (Å²) >= 11 is 0. The standard InChI is InChI=1S/C22H20F3N9O3/c1-31-19(29-18(30-31)20(35)36)17-15(25)11-26-21(28-17)32-4-6-33(7-5-32)22(37)34-16(2-3-27-34)12-8-13(23)10-14(24)9-12/h3,8-11,16H,2,4-7H2,1H3,(H,35,36). The first-order valence-corrected chi connectivity index (χ1v) is 11.2. The number of amides is 2. The minimum absolute atomic E-state index is 0.0703. The predicted octanol–water partition coefficient (Wildman–Crippen LogP) is 2.06. The van der Waals surface area contributed by atoms with E-state index in [0.717, 1.165) is 16.9 Å². The molecule has 0 saturated carbocycles. The van der Waals surface area contributed by atoms with Gasteiger partial charge >= 0.3 is 12.0 Å². The summed E-state index contributed by atoms with van der Waals surface area (Å²) in [6.07, 6.45) is 2.82. The number of hydrogen-bond acceptors (Lipinski definition) is 8. The SMILES string of the molecule is Cn1nc(C(=O)O)nc1-c1nc(N2CCN(C(=O)N3N=CCC3c3cc(F)cc(F)c3)CC2)ncc1F. The minimum atomic E-state index is -1.36. The van der Waals surface area contributed by atoms with Gasteiger partial charge in [0.05, 0.1) is 12.2 Å². The summed E-state index contributed by atoms with van der Waals surface area (Å²) in [7, 11) is 1.42. The van der Waals surface area contributed by atoms with Gasteiger partial charge in [-0.05, 0) is 17.7 Å². The van der Waals surface area contributed by atoms with Gasteiger partial charge in [0.1, 0.15) is 17.3 Å². The van der Waals surface area contributed by atoms with Crippen molar-refractivity contribution in [2.24, 2.45) is 12.1 Å². The Morgan fingerprint density at radius 3 is 2.38 bits per heavy atom. The van der Waals surface area contributed by atoms with Crippen molar-refractivity contribution in [1.29, 1.82) is 0 Å². The first-order valence-electron chi connectivity index (χ1n) is 11.2. The number of carboxylic acid groups (broad SMARTS) is 1. The molecule has 2 amide bonds. The van der Waals surface area contributed by atoms with Gasteiger partial charge in [0.2, 0.25) is 5.95 Å². The molecule has 15 heteroatoms. The fourth-order valence-electron chi connectivity index (χ4n) is 4.23. The minimum Gasteiger partial charge on any atom is -0.475 e. The zero-order valence-electron chi connectivity index (χ0n) is 19.4. The number of halogens is 3. The van der Waals surface area contributed by atoms with Crippen LogP contribution in [0.3, 0.4) is 0 Å². The van der Waals surface area contributed by atoms with Crippen LogP contribution in [0.2, 0.25) is 0 Å². The lowest BCUT2D eigenvalue weighted by Crippen LogP contribution is -2.52. The summed E-state index contributed by atoms with van der Waals surface area (Å²) in [5.74, 6) is -4.01. The molecule has 1 N–H and O–H groups in total. The second-order valence-electron chi connectivity index (χ2n) is 8.41. The van der Waals surface area contributed by atoms with Crippen LogP contribution in [0.5, 0.6) is 0 Å². The fourth-order valence-corrected chi connectivity index (χ4v) is 4.23. The summed E-state index contributed by atoms with van der Waals surface area (Å²) in [6.45, 7) is 1.15. The molecule has 0 radical (unpaired) electrons. The Balaban J connectivity index is 1.29. The number of nitrogens with zero attached hydrogens (tertiary/aromatic N) is 9. The van der Waals surface area contributed by atoms with Crippen LogP contribution in [-0.2, 0) is 7.05 Å². The molecule has 2 aliphatic rings. The highest BCUT2D eigenvalue weighted by molar-refractivity contribution is 5.83. The Morgan fingerprint density at radius 2 is 1.73 bits per heavy atom. The van der Waals surface area contributed by atoms with Crippen molar-refractivity contribution in [3.63, 3.8) is 0 Å². The molecule has 2 aromatic heterocycles. The van der Waals surface area contributed by atoms with E-state index in [1.807, 2.05) is 0 Å². The Bertz CT molecular complexity index is 1390. The molecule has 1 fully saturated rings. The van der Waals surface area contributed by atoms with Gasteiger partial charge in [0, 0.05) is 51.9 Å². The maximum atomic E-state index is 14.5. The average Bonchev–Trinajstić information content (AvgIpc) is 3.51. The number of anilines is 1. The summed E-state index contributed by atoms with van der Waals surface area (Å²) in [5.41, 5.74) is 0.103. The van der Waals surface area contributed by atoms with Crippen molar-refractivity contribution in [1.82, 2.24) is 34.6 Å². The lowest BCUT2D eigenvalue weighted by atomic mass is 10.0. The van der Waals surface area contributed by atoms with Crippen molar-refractivity contribution in [3.05, 3.63) is 53.2 Å². The van der Waals surface area contributed by atoms with Crippen LogP contribution < -0.4 is 4.90 Å². The topological polar surface area (TPSA) is 133 Å². The number of piperazine rings is 1. The van der Waals surface area contributed by atoms with Gasteiger partial charge in [-0.25, -0.2) is 42.4 Å². The van der Waals surface area contributed by atoms with Crippen LogP contribution in [0.4, 0.5) is 23.9 Å². The van der Waals surface area contributed by atoms with Gasteiger partial charge in [-0.1, -0.05) is 0 Å². The smallest absolute Gasteiger partial charge is 0.375 e. The van der Waals surface area contributed by atoms with Gasteiger partial charge in [-0.15, -0.1) is 5.10 Å². The van der Waals surface area contributed by atoms with Crippen LogP contribution in [0.15, 0.2) is 29.5 Å².